The lowest BCUT2D eigenvalue weighted by Gasteiger charge is -2.10. The van der Waals surface area contributed by atoms with Crippen LogP contribution in [0.3, 0.4) is 0 Å². The summed E-state index contributed by atoms with van der Waals surface area (Å²) in [4.78, 5) is 28.5. The molecule has 0 unspecified atom stereocenters. The number of nitriles is 1. The molecule has 36 heavy (non-hydrogen) atoms. The first kappa shape index (κ1) is 27.3. The van der Waals surface area contributed by atoms with Crippen molar-refractivity contribution in [1.29, 1.82) is 5.26 Å². The predicted molar refractivity (Wildman–Crippen MR) is 143 cm³/mol. The van der Waals surface area contributed by atoms with Gasteiger partial charge in [-0.15, -0.1) is 11.3 Å². The van der Waals surface area contributed by atoms with Crippen LogP contribution < -0.4 is 16.0 Å². The van der Waals surface area contributed by atoms with E-state index in [1.807, 2.05) is 36.6 Å². The van der Waals surface area contributed by atoms with Crippen molar-refractivity contribution in [3.8, 4) is 17.3 Å². The van der Waals surface area contributed by atoms with Crippen LogP contribution in [0.2, 0.25) is 10.0 Å². The van der Waals surface area contributed by atoms with E-state index in [4.69, 9.17) is 33.2 Å². The Balaban J connectivity index is 1.47. The van der Waals surface area contributed by atoms with Gasteiger partial charge in [-0.2, -0.15) is 5.26 Å². The van der Waals surface area contributed by atoms with Crippen molar-refractivity contribution in [2.45, 2.75) is 26.4 Å². The van der Waals surface area contributed by atoms with Crippen molar-refractivity contribution in [1.82, 2.24) is 10.3 Å². The zero-order valence-electron chi connectivity index (χ0n) is 19.5. The van der Waals surface area contributed by atoms with Crippen molar-refractivity contribution in [3.05, 3.63) is 63.5 Å². The van der Waals surface area contributed by atoms with Gasteiger partial charge in [-0.1, -0.05) is 48.3 Å². The van der Waals surface area contributed by atoms with Crippen molar-refractivity contribution in [3.63, 3.8) is 0 Å². The number of hydrogen-bond donors (Lipinski definition) is 3. The van der Waals surface area contributed by atoms with E-state index >= 15 is 0 Å². The average molecular weight is 546 g/mol. The molecular weight excluding hydrogens is 521 g/mol. The van der Waals surface area contributed by atoms with Crippen LogP contribution in [0.1, 0.15) is 25.3 Å². The van der Waals surface area contributed by atoms with E-state index < -0.39 is 6.09 Å². The molecule has 8 nitrogen and oxygen atoms in total. The predicted octanol–water partition coefficient (Wildman–Crippen LogP) is 6.33. The maximum Gasteiger partial charge on any atom is 0.411 e. The van der Waals surface area contributed by atoms with Gasteiger partial charge < -0.3 is 15.4 Å². The Labute approximate surface area is 223 Å². The Morgan fingerprint density at radius 1 is 1.19 bits per heavy atom. The molecule has 188 valence electrons. The normalized spacial score (nSPS) is 11.3. The van der Waals surface area contributed by atoms with Gasteiger partial charge in [0.05, 0.1) is 21.8 Å². The molecule has 3 aromatic rings. The van der Waals surface area contributed by atoms with Crippen LogP contribution in [-0.2, 0) is 16.1 Å². The van der Waals surface area contributed by atoms with Crippen molar-refractivity contribution >= 4 is 57.4 Å². The second-order valence-electron chi connectivity index (χ2n) is 8.03. The van der Waals surface area contributed by atoms with E-state index in [0.29, 0.717) is 28.7 Å². The molecule has 2 aromatic carbocycles. The summed E-state index contributed by atoms with van der Waals surface area (Å²) in [5, 5.41) is 20.6. The summed E-state index contributed by atoms with van der Waals surface area (Å²) in [6.07, 6.45) is 0.579. The number of carbonyl (C=O) groups excluding carboxylic acids is 2. The van der Waals surface area contributed by atoms with Crippen LogP contribution in [0.25, 0.3) is 11.3 Å². The molecule has 1 atom stereocenters. The quantitative estimate of drug-likeness (QED) is 0.242. The SMILES string of the molecule is C[C@@H](CCNc1nc(-c2cccc(NC(=O)OCc3ccc(Cl)c(Cl)c3)c2)cs1)CC(=O)NCC#N. The number of amides is 2. The van der Waals surface area contributed by atoms with E-state index in [9.17, 15) is 9.59 Å². The fourth-order valence-electron chi connectivity index (χ4n) is 3.23. The number of anilines is 2. The van der Waals surface area contributed by atoms with Gasteiger partial charge in [0.1, 0.15) is 13.2 Å². The van der Waals surface area contributed by atoms with Crippen LogP contribution in [0.4, 0.5) is 15.6 Å². The molecule has 0 radical (unpaired) electrons. The standard InChI is InChI=1S/C25H25Cl2N5O3S/c1-16(11-23(33)29-10-8-28)7-9-30-24-32-22(15-36-24)18-3-2-4-19(13-18)31-25(34)35-14-17-5-6-20(26)21(27)12-17/h2-6,12-13,15-16H,7,9-11,14H2,1H3,(H,29,33)(H,30,32)(H,31,34)/t16-/m0/s1. The van der Waals surface area contributed by atoms with Gasteiger partial charge in [-0.3, -0.25) is 10.1 Å². The van der Waals surface area contributed by atoms with Crippen molar-refractivity contribution in [2.24, 2.45) is 5.92 Å². The number of thiazole rings is 1. The summed E-state index contributed by atoms with van der Waals surface area (Å²) in [6.45, 7) is 2.76. The number of hydrogen-bond acceptors (Lipinski definition) is 7. The fraction of sp³-hybridized carbons (Fsp3) is 0.280. The lowest BCUT2D eigenvalue weighted by atomic mass is 10.0. The molecule has 0 fully saturated rings. The highest BCUT2D eigenvalue weighted by atomic mass is 35.5. The number of ether oxygens (including phenoxy) is 1. The maximum absolute atomic E-state index is 12.2. The van der Waals surface area contributed by atoms with Gasteiger partial charge in [0.25, 0.3) is 0 Å². The van der Waals surface area contributed by atoms with E-state index in [0.717, 1.165) is 28.4 Å². The first-order chi connectivity index (χ1) is 17.3. The molecular formula is C25H25Cl2N5O3S. The topological polar surface area (TPSA) is 116 Å². The molecule has 2 amide bonds. The van der Waals surface area contributed by atoms with E-state index in [1.54, 1.807) is 24.3 Å². The van der Waals surface area contributed by atoms with Crippen LogP contribution in [0, 0.1) is 17.2 Å². The van der Waals surface area contributed by atoms with Gasteiger partial charge >= 0.3 is 6.09 Å². The molecule has 0 aliphatic carbocycles. The minimum atomic E-state index is -0.589. The molecule has 0 saturated heterocycles. The number of nitrogens with zero attached hydrogens (tertiary/aromatic N) is 2. The molecule has 0 aliphatic rings. The summed E-state index contributed by atoms with van der Waals surface area (Å²) < 4.78 is 5.27. The Kier molecular flexibility index (Phi) is 10.4. The zero-order chi connectivity index (χ0) is 25.9. The number of nitrogens with one attached hydrogen (secondary N) is 3. The number of benzene rings is 2. The Hall–Kier alpha value is -3.32. The molecule has 0 spiro atoms. The van der Waals surface area contributed by atoms with E-state index in [-0.39, 0.29) is 25.0 Å². The minimum Gasteiger partial charge on any atom is -0.444 e. The second kappa shape index (κ2) is 13.7. The Bertz CT molecular complexity index is 1240. The summed E-state index contributed by atoms with van der Waals surface area (Å²) >= 11 is 13.4. The van der Waals surface area contributed by atoms with Crippen LogP contribution in [0.15, 0.2) is 47.8 Å². The third kappa shape index (κ3) is 8.72. The second-order valence-corrected chi connectivity index (χ2v) is 9.70. The number of aromatic nitrogens is 1. The zero-order valence-corrected chi connectivity index (χ0v) is 21.8. The number of carbonyl (C=O) groups is 2. The Morgan fingerprint density at radius 2 is 2.03 bits per heavy atom. The van der Waals surface area contributed by atoms with Gasteiger partial charge in [0.2, 0.25) is 5.91 Å². The third-order valence-corrected chi connectivity index (χ3v) is 6.61. The monoisotopic (exact) mass is 545 g/mol. The van der Waals surface area contributed by atoms with Crippen molar-refractivity contribution in [2.75, 3.05) is 23.7 Å². The smallest absolute Gasteiger partial charge is 0.411 e. The number of halogens is 2. The van der Waals surface area contributed by atoms with Crippen LogP contribution in [0.5, 0.6) is 0 Å². The highest BCUT2D eigenvalue weighted by Crippen LogP contribution is 2.27. The largest absolute Gasteiger partial charge is 0.444 e. The van der Waals surface area contributed by atoms with Gasteiger partial charge in [0.15, 0.2) is 5.13 Å². The van der Waals surface area contributed by atoms with Crippen LogP contribution >= 0.6 is 34.5 Å². The summed E-state index contributed by atoms with van der Waals surface area (Å²) in [5.41, 5.74) is 2.94. The highest BCUT2D eigenvalue weighted by Gasteiger charge is 2.11. The molecule has 3 N–H and O–H groups in total. The number of rotatable bonds is 11. The lowest BCUT2D eigenvalue weighted by Crippen LogP contribution is -2.25. The summed E-state index contributed by atoms with van der Waals surface area (Å²) in [5.74, 6) is 0.0575. The lowest BCUT2D eigenvalue weighted by molar-refractivity contribution is -0.121. The summed E-state index contributed by atoms with van der Waals surface area (Å²) in [6, 6.07) is 14.3. The third-order valence-electron chi connectivity index (χ3n) is 5.07. The van der Waals surface area contributed by atoms with Crippen LogP contribution in [-0.4, -0.2) is 30.1 Å². The van der Waals surface area contributed by atoms with Crippen molar-refractivity contribution < 1.29 is 14.3 Å². The van der Waals surface area contributed by atoms with Gasteiger partial charge in [0, 0.05) is 29.6 Å². The minimum absolute atomic E-state index is 0.0301. The average Bonchev–Trinajstić information content (AvgIpc) is 3.32. The Morgan fingerprint density at radius 3 is 2.81 bits per heavy atom. The first-order valence-electron chi connectivity index (χ1n) is 11.1. The molecule has 3 rings (SSSR count). The van der Waals surface area contributed by atoms with Gasteiger partial charge in [-0.25, -0.2) is 9.78 Å². The molecule has 11 heteroatoms. The van der Waals surface area contributed by atoms with Gasteiger partial charge in [-0.05, 0) is 42.2 Å². The molecule has 0 aliphatic heterocycles. The van der Waals surface area contributed by atoms with E-state index in [2.05, 4.69) is 20.9 Å². The maximum atomic E-state index is 12.2. The highest BCUT2D eigenvalue weighted by molar-refractivity contribution is 7.14. The molecule has 0 bridgehead atoms. The molecule has 1 aromatic heterocycles. The fourth-order valence-corrected chi connectivity index (χ4v) is 4.30. The molecule has 0 saturated carbocycles. The van der Waals surface area contributed by atoms with E-state index in [1.165, 1.54) is 11.3 Å². The molecule has 1 heterocycles. The first-order valence-corrected chi connectivity index (χ1v) is 12.8. The summed E-state index contributed by atoms with van der Waals surface area (Å²) in [7, 11) is 0.